The minimum atomic E-state index is 0. The van der Waals surface area contributed by atoms with Crippen LogP contribution in [0.1, 0.15) is 0 Å². The molecule has 0 N–H and O–H groups in total. The standard InChI is InChI=1S/2I2.2HI.42V/c2*1-2;;;;;;;;;;;;;;;;;;;;;;;;;;;;;;;;;;;;;;;;;;;;/h;;2*1H;;;;;;;;;;;;;;;;;;;;;;;;;;;;;;;;;;;;;;;;;;. The molecule has 254 valence electrons. The molecule has 0 bridgehead atoms. The first-order valence-electron chi connectivity index (χ1n) is 0.286. The summed E-state index contributed by atoms with van der Waals surface area (Å²) in [4.78, 5) is 0. The van der Waals surface area contributed by atoms with E-state index in [-0.39, 0.29) is 827 Å². The monoisotopic (exact) mass is 2900 g/mol. The van der Waals surface area contributed by atoms with Gasteiger partial charge in [-0.1, -0.05) is 0 Å². The first-order valence-corrected chi connectivity index (χ1v) is 12.9. The van der Waals surface area contributed by atoms with Crippen molar-refractivity contribution < 1.29 is 779 Å². The van der Waals surface area contributed by atoms with Gasteiger partial charge in [-0.15, -0.1) is 48.0 Å². The topological polar surface area (TPSA) is 0 Å². The van der Waals surface area contributed by atoms with Crippen LogP contribution in [-0.2, 0) is 779 Å². The smallest absolute Gasteiger partial charge is 0 e. The molecule has 42 radical (unpaired) electrons. The molecule has 0 aliphatic rings. The maximum Gasteiger partial charge on any atom is 0 e. The van der Waals surface area contributed by atoms with Crippen molar-refractivity contribution in [3.63, 3.8) is 0 Å². The van der Waals surface area contributed by atoms with Crippen molar-refractivity contribution in [3.05, 3.63) is 0 Å². The molecule has 0 rings (SSSR count). The maximum atomic E-state index is 2.12. The summed E-state index contributed by atoms with van der Waals surface area (Å²) in [7, 11) is 0. The zero-order chi connectivity index (χ0) is 4.00. The van der Waals surface area contributed by atoms with Crippen molar-refractivity contribution >= 4 is 122 Å². The molecule has 0 aromatic carbocycles. The number of halogens is 6. The molecule has 48 heteroatoms. The summed E-state index contributed by atoms with van der Waals surface area (Å²) >= 11 is 8.48. The van der Waals surface area contributed by atoms with E-state index in [9.17, 15) is 0 Å². The molecule has 0 saturated heterocycles. The molecule has 0 spiro atoms. The molecule has 0 fully saturated rings. The van der Waals surface area contributed by atoms with E-state index in [1.807, 2.05) is 0 Å². The average molecular weight is 2900 g/mol. The third kappa shape index (κ3) is 489. The normalized spacial score (nSPS) is 0.250. The summed E-state index contributed by atoms with van der Waals surface area (Å²) in [6.45, 7) is 0. The van der Waals surface area contributed by atoms with Gasteiger partial charge in [-0.25, -0.2) is 0 Å². The van der Waals surface area contributed by atoms with Gasteiger partial charge in [-0.2, -0.15) is 0 Å². The van der Waals surface area contributed by atoms with Crippen LogP contribution in [0, 0.1) is 0 Å². The SMILES string of the molecule is I.I.II.II.[V].[V].[V].[V].[V].[V].[V].[V].[V].[V].[V].[V].[V].[V].[V].[V].[V].[V].[V].[V].[V].[V].[V].[V].[V].[V].[V].[V].[V].[V].[V].[V].[V].[V].[V].[V].[V].[V].[V].[V].[V].[V]. The van der Waals surface area contributed by atoms with Crippen molar-refractivity contribution in [2.75, 3.05) is 0 Å². The molecular weight excluding hydrogens is 2900 g/mol. The Morgan fingerprint density at radius 2 is 0.0833 bits per heavy atom. The molecule has 0 saturated carbocycles. The van der Waals surface area contributed by atoms with Crippen LogP contribution in [0.5, 0.6) is 0 Å². The summed E-state index contributed by atoms with van der Waals surface area (Å²) in [6.07, 6.45) is 0. The van der Waals surface area contributed by atoms with Crippen LogP contribution in [0.3, 0.4) is 0 Å². The van der Waals surface area contributed by atoms with Crippen LogP contribution in [0.25, 0.3) is 0 Å². The van der Waals surface area contributed by atoms with E-state index in [1.165, 1.54) is 0 Å². The first-order chi connectivity index (χ1) is 2.00. The van der Waals surface area contributed by atoms with Gasteiger partial charge < -0.3 is 0 Å². The fraction of sp³-hybridized carbons (Fsp3) is 0. The molecule has 0 unspecified atom stereocenters. The molecule has 0 amide bonds. The van der Waals surface area contributed by atoms with Gasteiger partial charge >= 0.3 is 0 Å². The van der Waals surface area contributed by atoms with Gasteiger partial charge in [0.15, 0.2) is 0 Å². The quantitative estimate of drug-likeness (QED) is 0.310. The summed E-state index contributed by atoms with van der Waals surface area (Å²) < 4.78 is 0. The Morgan fingerprint density at radius 3 is 0.0833 bits per heavy atom. The second-order valence-corrected chi connectivity index (χ2v) is 0. The number of hydrogen-bond donors (Lipinski definition) is 0. The second kappa shape index (κ2) is 509. The van der Waals surface area contributed by atoms with E-state index in [1.54, 1.807) is 0 Å². The first kappa shape index (κ1) is 464. The Hall–Kier alpha value is 28.9. The minimum absolute atomic E-state index is 0. The van der Waals surface area contributed by atoms with Crippen LogP contribution in [0.2, 0.25) is 0 Å². The van der Waals surface area contributed by atoms with Gasteiger partial charge in [0, 0.05) is 854 Å². The Morgan fingerprint density at radius 1 is 0.0833 bits per heavy atom. The van der Waals surface area contributed by atoms with Crippen molar-refractivity contribution in [1.29, 1.82) is 0 Å². The molecule has 0 nitrogen and oxygen atoms in total. The molecule has 0 aromatic heterocycles. The zero-order valence-corrected chi connectivity index (χ0v) is 93.1. The predicted octanol–water partition coefficient (Wildman–Crippen LogP) is 4.67. The van der Waals surface area contributed by atoms with Crippen molar-refractivity contribution in [3.8, 4) is 0 Å². The molecule has 0 aromatic rings. The van der Waals surface area contributed by atoms with E-state index in [0.29, 0.717) is 0 Å². The van der Waals surface area contributed by atoms with Crippen LogP contribution in [0.4, 0.5) is 0 Å². The minimum Gasteiger partial charge on any atom is -0.107 e. The number of rotatable bonds is 0. The maximum absolute atomic E-state index is 2.12. The van der Waals surface area contributed by atoms with Crippen LogP contribution in [0.15, 0.2) is 0 Å². The fourth-order valence-corrected chi connectivity index (χ4v) is 0. The molecule has 0 aliphatic heterocycles. The van der Waals surface area contributed by atoms with Gasteiger partial charge in [-0.3, -0.25) is 0 Å². The summed E-state index contributed by atoms with van der Waals surface area (Å²) in [5, 5.41) is 0. The molecule has 0 atom stereocenters. The Bertz CT molecular complexity index is 26.1. The van der Waals surface area contributed by atoms with E-state index in [4.69, 9.17) is 0 Å². The van der Waals surface area contributed by atoms with Crippen molar-refractivity contribution in [2.24, 2.45) is 0 Å². The Balaban J connectivity index is -0.0000000000198. The van der Waals surface area contributed by atoms with Gasteiger partial charge in [0.1, 0.15) is 0 Å². The van der Waals surface area contributed by atoms with Crippen molar-refractivity contribution in [2.45, 2.75) is 0 Å². The Kier molecular flexibility index (Phi) is 4920. The van der Waals surface area contributed by atoms with Crippen molar-refractivity contribution in [1.82, 2.24) is 0 Å². The average Bonchev–Trinajstić information content (AvgIpc) is 1.50. The number of hydrogen-bond acceptors (Lipinski definition) is 0. The second-order valence-electron chi connectivity index (χ2n) is 0. The Labute approximate surface area is 875 Å². The largest absolute Gasteiger partial charge is 0.107 e. The van der Waals surface area contributed by atoms with E-state index < -0.39 is 0 Å². The summed E-state index contributed by atoms with van der Waals surface area (Å²) in [5.74, 6) is 0. The summed E-state index contributed by atoms with van der Waals surface area (Å²) in [5.41, 5.74) is 0. The van der Waals surface area contributed by atoms with Crippen LogP contribution < -0.4 is 0 Å². The summed E-state index contributed by atoms with van der Waals surface area (Å²) in [6, 6.07) is 0. The molecular formula is H2I6V42. The predicted molar refractivity (Wildman–Crippen MR) is 86.9 cm³/mol. The molecule has 0 heterocycles. The third-order valence-corrected chi connectivity index (χ3v) is 0. The van der Waals surface area contributed by atoms with Crippen LogP contribution >= 0.6 is 122 Å². The van der Waals surface area contributed by atoms with E-state index in [0.717, 1.165) is 0 Å². The molecule has 0 aliphatic carbocycles. The van der Waals surface area contributed by atoms with E-state index >= 15 is 0 Å². The fourth-order valence-electron chi connectivity index (χ4n) is 0. The van der Waals surface area contributed by atoms with Gasteiger partial charge in [0.2, 0.25) is 0 Å². The van der Waals surface area contributed by atoms with Crippen LogP contribution in [-0.4, -0.2) is 0 Å². The van der Waals surface area contributed by atoms with Gasteiger partial charge in [-0.05, 0) is 0 Å². The van der Waals surface area contributed by atoms with E-state index in [2.05, 4.69) is 74.5 Å². The molecule has 48 heavy (non-hydrogen) atoms. The van der Waals surface area contributed by atoms with Gasteiger partial charge in [0.05, 0.1) is 0 Å². The third-order valence-electron chi connectivity index (χ3n) is 0. The van der Waals surface area contributed by atoms with Gasteiger partial charge in [0.25, 0.3) is 0 Å². The zero-order valence-electron chi connectivity index (χ0n) is 21.1.